The second kappa shape index (κ2) is 7.55. The Labute approximate surface area is 127 Å². The van der Waals surface area contributed by atoms with E-state index in [4.69, 9.17) is 0 Å². The molecule has 4 nitrogen and oxygen atoms in total. The number of carbonyl (C=O) groups excluding carboxylic acids is 1. The van der Waals surface area contributed by atoms with E-state index in [1.807, 2.05) is 30.9 Å². The van der Waals surface area contributed by atoms with Crippen molar-refractivity contribution < 1.29 is 4.79 Å². The van der Waals surface area contributed by atoms with E-state index in [1.54, 1.807) is 0 Å². The number of pyridine rings is 1. The van der Waals surface area contributed by atoms with Crippen LogP contribution in [0.1, 0.15) is 54.4 Å². The molecule has 1 aliphatic rings. The van der Waals surface area contributed by atoms with Gasteiger partial charge in [-0.3, -0.25) is 9.78 Å². The van der Waals surface area contributed by atoms with Crippen LogP contribution in [0, 0.1) is 13.8 Å². The first kappa shape index (κ1) is 16.0. The Kier molecular flexibility index (Phi) is 5.74. The first-order valence-electron chi connectivity index (χ1n) is 8.08. The van der Waals surface area contributed by atoms with E-state index >= 15 is 0 Å². The first-order valence-corrected chi connectivity index (χ1v) is 8.08. The molecule has 1 saturated heterocycles. The highest BCUT2D eigenvalue weighted by atomic mass is 16.2. The van der Waals surface area contributed by atoms with Crippen LogP contribution in [-0.4, -0.2) is 41.5 Å². The number of aromatic nitrogens is 1. The van der Waals surface area contributed by atoms with E-state index in [0.717, 1.165) is 43.0 Å². The Balaban J connectivity index is 2.10. The summed E-state index contributed by atoms with van der Waals surface area (Å²) in [7, 11) is 0. The molecule has 0 spiro atoms. The van der Waals surface area contributed by atoms with E-state index in [-0.39, 0.29) is 5.91 Å². The largest absolute Gasteiger partial charge is 0.337 e. The Hall–Kier alpha value is -1.42. The van der Waals surface area contributed by atoms with Gasteiger partial charge in [-0.2, -0.15) is 0 Å². The number of aryl methyl sites for hydroxylation is 2. The fourth-order valence-corrected chi connectivity index (χ4v) is 2.97. The fourth-order valence-electron chi connectivity index (χ4n) is 2.97. The van der Waals surface area contributed by atoms with Crippen molar-refractivity contribution in [1.29, 1.82) is 0 Å². The van der Waals surface area contributed by atoms with Crippen LogP contribution >= 0.6 is 0 Å². The zero-order valence-electron chi connectivity index (χ0n) is 13.5. The van der Waals surface area contributed by atoms with Gasteiger partial charge in [-0.05, 0) is 51.8 Å². The lowest BCUT2D eigenvalue weighted by molar-refractivity contribution is 0.0730. The molecule has 2 rings (SSSR count). The molecule has 0 radical (unpaired) electrons. The Morgan fingerprint density at radius 2 is 2.19 bits per heavy atom. The molecule has 0 aliphatic carbocycles. The van der Waals surface area contributed by atoms with Crippen LogP contribution in [0.3, 0.4) is 0 Å². The number of nitrogens with zero attached hydrogens (tertiary/aromatic N) is 2. The topological polar surface area (TPSA) is 45.2 Å². The third kappa shape index (κ3) is 4.27. The number of nitrogens with one attached hydrogen (secondary N) is 1. The molecule has 0 aromatic carbocycles. The van der Waals surface area contributed by atoms with Gasteiger partial charge >= 0.3 is 0 Å². The molecule has 1 aromatic heterocycles. The van der Waals surface area contributed by atoms with Crippen LogP contribution in [0.15, 0.2) is 12.1 Å². The quantitative estimate of drug-likeness (QED) is 0.906. The molecule has 2 heterocycles. The molecule has 1 aliphatic heterocycles. The number of rotatable bonds is 5. The van der Waals surface area contributed by atoms with Gasteiger partial charge in [-0.25, -0.2) is 0 Å². The third-order valence-electron chi connectivity index (χ3n) is 4.09. The van der Waals surface area contributed by atoms with Crippen LogP contribution in [-0.2, 0) is 0 Å². The zero-order valence-corrected chi connectivity index (χ0v) is 13.5. The minimum atomic E-state index is 0.120. The predicted octanol–water partition coefficient (Wildman–Crippen LogP) is 2.69. The van der Waals surface area contributed by atoms with Crippen molar-refractivity contribution in [3.05, 3.63) is 29.1 Å². The Morgan fingerprint density at radius 1 is 1.38 bits per heavy atom. The predicted molar refractivity (Wildman–Crippen MR) is 85.5 cm³/mol. The van der Waals surface area contributed by atoms with Crippen molar-refractivity contribution in [3.8, 4) is 0 Å². The molecule has 1 atom stereocenters. The normalized spacial score (nSPS) is 18.5. The van der Waals surface area contributed by atoms with Gasteiger partial charge in [0, 0.05) is 24.8 Å². The van der Waals surface area contributed by atoms with E-state index in [1.165, 1.54) is 19.3 Å². The summed E-state index contributed by atoms with van der Waals surface area (Å²) in [5, 5.41) is 3.53. The lowest BCUT2D eigenvalue weighted by Crippen LogP contribution is -2.46. The minimum Gasteiger partial charge on any atom is -0.337 e. The van der Waals surface area contributed by atoms with Crippen molar-refractivity contribution in [1.82, 2.24) is 15.2 Å². The average molecular weight is 289 g/mol. The van der Waals surface area contributed by atoms with Gasteiger partial charge in [-0.1, -0.05) is 13.3 Å². The lowest BCUT2D eigenvalue weighted by atomic mass is 10.0. The average Bonchev–Trinajstić information content (AvgIpc) is 2.47. The van der Waals surface area contributed by atoms with E-state index < -0.39 is 0 Å². The van der Waals surface area contributed by atoms with Crippen LogP contribution in [0.25, 0.3) is 0 Å². The second-order valence-corrected chi connectivity index (χ2v) is 5.98. The van der Waals surface area contributed by atoms with Gasteiger partial charge in [0.25, 0.3) is 5.91 Å². The second-order valence-electron chi connectivity index (χ2n) is 5.98. The van der Waals surface area contributed by atoms with Crippen LogP contribution in [0.4, 0.5) is 0 Å². The molecule has 1 aromatic rings. The molecule has 0 bridgehead atoms. The standard InChI is InChI=1S/C17H27N3O/c1-4-11-20(12-15-7-5-6-10-18-15)17(21)16-9-8-13(2)19-14(16)3/h8-9,15,18H,4-7,10-12H2,1-3H3. The van der Waals surface area contributed by atoms with Gasteiger partial charge in [0.2, 0.25) is 0 Å². The summed E-state index contributed by atoms with van der Waals surface area (Å²) in [5.41, 5.74) is 2.53. The van der Waals surface area contributed by atoms with Gasteiger partial charge < -0.3 is 10.2 Å². The summed E-state index contributed by atoms with van der Waals surface area (Å²) in [6.07, 6.45) is 4.66. The smallest absolute Gasteiger partial charge is 0.255 e. The lowest BCUT2D eigenvalue weighted by Gasteiger charge is -2.30. The van der Waals surface area contributed by atoms with E-state index in [9.17, 15) is 4.79 Å². The minimum absolute atomic E-state index is 0.120. The maximum atomic E-state index is 12.8. The summed E-state index contributed by atoms with van der Waals surface area (Å²) in [4.78, 5) is 19.2. The van der Waals surface area contributed by atoms with E-state index in [2.05, 4.69) is 17.2 Å². The van der Waals surface area contributed by atoms with Crippen molar-refractivity contribution >= 4 is 5.91 Å². The van der Waals surface area contributed by atoms with Gasteiger partial charge in [0.15, 0.2) is 0 Å². The summed E-state index contributed by atoms with van der Waals surface area (Å²) in [6, 6.07) is 4.27. The zero-order chi connectivity index (χ0) is 15.2. The molecule has 116 valence electrons. The van der Waals surface area contributed by atoms with Crippen molar-refractivity contribution in [2.75, 3.05) is 19.6 Å². The van der Waals surface area contributed by atoms with Crippen LogP contribution in [0.5, 0.6) is 0 Å². The number of hydrogen-bond donors (Lipinski definition) is 1. The molecule has 0 saturated carbocycles. The van der Waals surface area contributed by atoms with Crippen molar-refractivity contribution in [2.24, 2.45) is 0 Å². The maximum absolute atomic E-state index is 12.8. The fraction of sp³-hybridized carbons (Fsp3) is 0.647. The van der Waals surface area contributed by atoms with E-state index in [0.29, 0.717) is 6.04 Å². The highest BCUT2D eigenvalue weighted by Crippen LogP contribution is 2.14. The summed E-state index contributed by atoms with van der Waals surface area (Å²) in [6.45, 7) is 8.68. The number of amides is 1. The van der Waals surface area contributed by atoms with Gasteiger partial charge in [-0.15, -0.1) is 0 Å². The first-order chi connectivity index (χ1) is 10.1. The number of carbonyl (C=O) groups is 1. The maximum Gasteiger partial charge on any atom is 0.255 e. The monoisotopic (exact) mass is 289 g/mol. The number of hydrogen-bond acceptors (Lipinski definition) is 3. The molecule has 1 fully saturated rings. The van der Waals surface area contributed by atoms with Crippen molar-refractivity contribution in [2.45, 2.75) is 52.5 Å². The molecule has 1 amide bonds. The van der Waals surface area contributed by atoms with Gasteiger partial charge in [0.1, 0.15) is 0 Å². The highest BCUT2D eigenvalue weighted by Gasteiger charge is 2.22. The van der Waals surface area contributed by atoms with Gasteiger partial charge in [0.05, 0.1) is 11.3 Å². The third-order valence-corrected chi connectivity index (χ3v) is 4.09. The summed E-state index contributed by atoms with van der Waals surface area (Å²) >= 11 is 0. The molecule has 21 heavy (non-hydrogen) atoms. The molecular formula is C17H27N3O. The SMILES string of the molecule is CCCN(CC1CCCCN1)C(=O)c1ccc(C)nc1C. The van der Waals surface area contributed by atoms with Crippen LogP contribution < -0.4 is 5.32 Å². The highest BCUT2D eigenvalue weighted by molar-refractivity contribution is 5.95. The molecule has 1 unspecified atom stereocenters. The Bertz CT molecular complexity index is 481. The summed E-state index contributed by atoms with van der Waals surface area (Å²) < 4.78 is 0. The molecule has 4 heteroatoms. The van der Waals surface area contributed by atoms with Crippen molar-refractivity contribution in [3.63, 3.8) is 0 Å². The Morgan fingerprint density at radius 3 is 2.81 bits per heavy atom. The molecule has 1 N–H and O–H groups in total. The number of piperidine rings is 1. The van der Waals surface area contributed by atoms with Crippen LogP contribution in [0.2, 0.25) is 0 Å². The molecular weight excluding hydrogens is 262 g/mol. The summed E-state index contributed by atoms with van der Waals surface area (Å²) in [5.74, 6) is 0.120.